The molecule has 0 rings (SSSR count). The van der Waals surface area contributed by atoms with E-state index < -0.39 is 0 Å². The van der Waals surface area contributed by atoms with Crippen molar-refractivity contribution in [2.24, 2.45) is 10.7 Å². The molecule has 0 aromatic heterocycles. The Kier molecular flexibility index (Phi) is 8.44. The van der Waals surface area contributed by atoms with E-state index in [4.69, 9.17) is 5.73 Å². The minimum Gasteiger partial charge on any atom is -0.370 e. The van der Waals surface area contributed by atoms with Crippen LogP contribution in [-0.2, 0) is 0 Å². The largest absolute Gasteiger partial charge is 0.370 e. The molecule has 0 saturated carbocycles. The van der Waals surface area contributed by atoms with E-state index in [-0.39, 0.29) is 0 Å². The number of nitrogens with one attached hydrogen (secondary N) is 1. The third-order valence-electron chi connectivity index (χ3n) is 1.40. The molecule has 72 valence electrons. The zero-order chi connectivity index (χ0) is 9.23. The molecule has 3 N–H and O–H groups in total. The highest BCUT2D eigenvalue weighted by Crippen LogP contribution is 1.98. The molecule has 0 unspecified atom stereocenters. The zero-order valence-corrected chi connectivity index (χ0v) is 8.78. The highest BCUT2D eigenvalue weighted by molar-refractivity contribution is 7.98. The molecule has 0 spiro atoms. The number of thioether (sulfide) groups is 1. The molecule has 0 saturated heterocycles. The highest BCUT2D eigenvalue weighted by Gasteiger charge is 1.88. The minimum absolute atomic E-state index is 0.571. The van der Waals surface area contributed by atoms with E-state index in [1.807, 2.05) is 18.7 Å². The summed E-state index contributed by atoms with van der Waals surface area (Å²) in [7, 11) is 0. The Morgan fingerprint density at radius 3 is 2.83 bits per heavy atom. The van der Waals surface area contributed by atoms with Crippen molar-refractivity contribution < 1.29 is 0 Å². The molecule has 0 aliphatic rings. The third kappa shape index (κ3) is 7.72. The summed E-state index contributed by atoms with van der Waals surface area (Å²) >= 11 is 1.88. The van der Waals surface area contributed by atoms with Gasteiger partial charge in [-0.05, 0) is 31.8 Å². The Morgan fingerprint density at radius 1 is 1.50 bits per heavy atom. The summed E-state index contributed by atoms with van der Waals surface area (Å²) in [5.41, 5.74) is 5.53. The zero-order valence-electron chi connectivity index (χ0n) is 7.97. The van der Waals surface area contributed by atoms with Gasteiger partial charge in [-0.2, -0.15) is 11.8 Å². The second-order valence-corrected chi connectivity index (χ2v) is 3.48. The predicted octanol–water partition coefficient (Wildman–Crippen LogP) is 1.05. The first kappa shape index (κ1) is 11.6. The van der Waals surface area contributed by atoms with Gasteiger partial charge in [0.25, 0.3) is 0 Å². The first-order valence-electron chi connectivity index (χ1n) is 4.34. The Labute approximate surface area is 79.2 Å². The van der Waals surface area contributed by atoms with Crippen LogP contribution in [0.1, 0.15) is 19.8 Å². The van der Waals surface area contributed by atoms with E-state index in [0.29, 0.717) is 5.96 Å². The molecule has 4 heteroatoms. The Bertz CT molecular complexity index is 125. The van der Waals surface area contributed by atoms with Gasteiger partial charge < -0.3 is 11.1 Å². The van der Waals surface area contributed by atoms with Crippen LogP contribution in [0.5, 0.6) is 0 Å². The lowest BCUT2D eigenvalue weighted by atomic mass is 10.3. The average Bonchev–Trinajstić information content (AvgIpc) is 2.05. The maximum atomic E-state index is 5.53. The quantitative estimate of drug-likeness (QED) is 0.373. The number of aliphatic imine (C=N–C) groups is 1. The maximum Gasteiger partial charge on any atom is 0.188 e. The molecule has 0 heterocycles. The SMILES string of the molecule is CCNC(N)=NCCCCSC. The van der Waals surface area contributed by atoms with E-state index in [2.05, 4.69) is 16.6 Å². The van der Waals surface area contributed by atoms with E-state index >= 15 is 0 Å². The minimum atomic E-state index is 0.571. The Morgan fingerprint density at radius 2 is 2.25 bits per heavy atom. The van der Waals surface area contributed by atoms with Crippen molar-refractivity contribution in [1.29, 1.82) is 0 Å². The van der Waals surface area contributed by atoms with Crippen molar-refractivity contribution in [2.45, 2.75) is 19.8 Å². The van der Waals surface area contributed by atoms with E-state index in [1.54, 1.807) is 0 Å². The highest BCUT2D eigenvalue weighted by atomic mass is 32.2. The Balaban J connectivity index is 3.21. The van der Waals surface area contributed by atoms with Gasteiger partial charge in [0.2, 0.25) is 0 Å². The second kappa shape index (κ2) is 8.71. The average molecular weight is 189 g/mol. The van der Waals surface area contributed by atoms with Gasteiger partial charge in [-0.15, -0.1) is 0 Å². The van der Waals surface area contributed by atoms with Gasteiger partial charge in [0, 0.05) is 13.1 Å². The maximum absolute atomic E-state index is 5.53. The van der Waals surface area contributed by atoms with Crippen LogP contribution in [-0.4, -0.2) is 31.1 Å². The molecular weight excluding hydrogens is 170 g/mol. The molecule has 12 heavy (non-hydrogen) atoms. The summed E-state index contributed by atoms with van der Waals surface area (Å²) in [6.45, 7) is 3.70. The number of hydrogen-bond donors (Lipinski definition) is 2. The molecule has 0 amide bonds. The molecule has 0 aromatic carbocycles. The van der Waals surface area contributed by atoms with E-state index in [0.717, 1.165) is 19.5 Å². The normalized spacial score (nSPS) is 11.7. The molecule has 0 aliphatic carbocycles. The van der Waals surface area contributed by atoms with Crippen molar-refractivity contribution in [3.05, 3.63) is 0 Å². The fourth-order valence-corrected chi connectivity index (χ4v) is 1.29. The molecular formula is C8H19N3S. The summed E-state index contributed by atoms with van der Waals surface area (Å²) in [6.07, 6.45) is 4.48. The van der Waals surface area contributed by atoms with Crippen LogP contribution in [0.3, 0.4) is 0 Å². The molecule has 3 nitrogen and oxygen atoms in total. The van der Waals surface area contributed by atoms with Gasteiger partial charge in [0.15, 0.2) is 5.96 Å². The van der Waals surface area contributed by atoms with Crippen LogP contribution in [0.15, 0.2) is 4.99 Å². The fourth-order valence-electron chi connectivity index (χ4n) is 0.795. The van der Waals surface area contributed by atoms with Crippen molar-refractivity contribution >= 4 is 17.7 Å². The first-order chi connectivity index (χ1) is 5.81. The number of nitrogens with two attached hydrogens (primary N) is 1. The van der Waals surface area contributed by atoms with E-state index in [1.165, 1.54) is 12.2 Å². The topological polar surface area (TPSA) is 50.4 Å². The molecule has 0 aliphatic heterocycles. The van der Waals surface area contributed by atoms with Gasteiger partial charge >= 0.3 is 0 Å². The van der Waals surface area contributed by atoms with E-state index in [9.17, 15) is 0 Å². The summed E-state index contributed by atoms with van der Waals surface area (Å²) in [4.78, 5) is 4.16. The lowest BCUT2D eigenvalue weighted by Gasteiger charge is -2.00. The summed E-state index contributed by atoms with van der Waals surface area (Å²) in [5, 5.41) is 2.96. The van der Waals surface area contributed by atoms with Gasteiger partial charge in [-0.25, -0.2) is 0 Å². The number of hydrogen-bond acceptors (Lipinski definition) is 2. The molecule has 0 fully saturated rings. The molecule has 0 radical (unpaired) electrons. The van der Waals surface area contributed by atoms with Gasteiger partial charge in [0.1, 0.15) is 0 Å². The van der Waals surface area contributed by atoms with Crippen molar-refractivity contribution in [3.8, 4) is 0 Å². The summed E-state index contributed by atoms with van der Waals surface area (Å²) in [5.74, 6) is 1.79. The van der Waals surface area contributed by atoms with Gasteiger partial charge in [-0.1, -0.05) is 0 Å². The molecule has 0 aromatic rings. The smallest absolute Gasteiger partial charge is 0.188 e. The number of rotatable bonds is 6. The van der Waals surface area contributed by atoms with Crippen LogP contribution in [0.4, 0.5) is 0 Å². The summed E-state index contributed by atoms with van der Waals surface area (Å²) < 4.78 is 0. The number of nitrogens with zero attached hydrogens (tertiary/aromatic N) is 1. The lowest BCUT2D eigenvalue weighted by Crippen LogP contribution is -2.31. The Hall–Kier alpha value is -0.380. The van der Waals surface area contributed by atoms with Crippen molar-refractivity contribution in [1.82, 2.24) is 5.32 Å². The standard InChI is InChI=1S/C8H19N3S/c1-3-10-8(9)11-6-4-5-7-12-2/h3-7H2,1-2H3,(H3,9,10,11). The van der Waals surface area contributed by atoms with Crippen molar-refractivity contribution in [2.75, 3.05) is 25.1 Å². The van der Waals surface area contributed by atoms with Crippen LogP contribution >= 0.6 is 11.8 Å². The second-order valence-electron chi connectivity index (χ2n) is 2.50. The van der Waals surface area contributed by atoms with Crippen LogP contribution in [0.2, 0.25) is 0 Å². The summed E-state index contributed by atoms with van der Waals surface area (Å²) in [6, 6.07) is 0. The molecule has 0 bridgehead atoms. The number of guanidine groups is 1. The molecule has 0 atom stereocenters. The fraction of sp³-hybridized carbons (Fsp3) is 0.875. The third-order valence-corrected chi connectivity index (χ3v) is 2.09. The predicted molar refractivity (Wildman–Crippen MR) is 57.8 cm³/mol. The lowest BCUT2D eigenvalue weighted by molar-refractivity contribution is 0.805. The number of unbranched alkanes of at least 4 members (excludes halogenated alkanes) is 1. The van der Waals surface area contributed by atoms with Crippen LogP contribution in [0, 0.1) is 0 Å². The van der Waals surface area contributed by atoms with Crippen molar-refractivity contribution in [3.63, 3.8) is 0 Å². The van der Waals surface area contributed by atoms with Crippen LogP contribution < -0.4 is 11.1 Å². The first-order valence-corrected chi connectivity index (χ1v) is 5.73. The van der Waals surface area contributed by atoms with Gasteiger partial charge in [-0.3, -0.25) is 4.99 Å². The monoisotopic (exact) mass is 189 g/mol. The van der Waals surface area contributed by atoms with Gasteiger partial charge in [0.05, 0.1) is 0 Å². The van der Waals surface area contributed by atoms with Crippen LogP contribution in [0.25, 0.3) is 0 Å².